The van der Waals surface area contributed by atoms with Crippen LogP contribution in [0.1, 0.15) is 18.1 Å². The van der Waals surface area contributed by atoms with E-state index in [4.69, 9.17) is 9.47 Å². The number of aryl methyl sites for hydroxylation is 1. The molecule has 0 aliphatic carbocycles. The van der Waals surface area contributed by atoms with Crippen molar-refractivity contribution in [1.82, 2.24) is 5.32 Å². The maximum absolute atomic E-state index is 11.9. The quantitative estimate of drug-likeness (QED) is 0.791. The zero-order chi connectivity index (χ0) is 17.4. The minimum Gasteiger partial charge on any atom is -0.497 e. The van der Waals surface area contributed by atoms with E-state index >= 15 is 0 Å². The van der Waals surface area contributed by atoms with E-state index < -0.39 is 0 Å². The second-order valence-electron chi connectivity index (χ2n) is 5.64. The van der Waals surface area contributed by atoms with Gasteiger partial charge >= 0.3 is 0 Å². The molecule has 0 heterocycles. The average molecular weight is 325 g/mol. The van der Waals surface area contributed by atoms with Crippen molar-refractivity contribution in [2.24, 2.45) is 0 Å². The molecule has 2 rings (SSSR count). The number of hydrogen-bond acceptors (Lipinski definition) is 3. The summed E-state index contributed by atoms with van der Waals surface area (Å²) >= 11 is 0. The molecule has 0 fully saturated rings. The largest absolute Gasteiger partial charge is 0.497 e. The molecule has 126 valence electrons. The standard InChI is InChI=1S/C20H23NO3/c1-15-4-9-19(10-5-15)24-14-16(2)21-20(22)13-8-17-6-11-18(23-3)12-7-17/h4-13,16H,14H2,1-3H3,(H,21,22)/b13-8+/t16-/m1/s1. The van der Waals surface area contributed by atoms with Gasteiger partial charge < -0.3 is 14.8 Å². The van der Waals surface area contributed by atoms with Crippen molar-refractivity contribution in [3.05, 3.63) is 65.7 Å². The van der Waals surface area contributed by atoms with Crippen LogP contribution in [-0.4, -0.2) is 25.7 Å². The molecule has 0 saturated heterocycles. The zero-order valence-corrected chi connectivity index (χ0v) is 14.3. The Kier molecular flexibility index (Phi) is 6.43. The van der Waals surface area contributed by atoms with E-state index in [1.807, 2.05) is 62.4 Å². The molecule has 0 aromatic heterocycles. The molecular formula is C20H23NO3. The molecule has 0 radical (unpaired) electrons. The van der Waals surface area contributed by atoms with Crippen molar-refractivity contribution in [3.63, 3.8) is 0 Å². The molecule has 1 N–H and O–H groups in total. The number of benzene rings is 2. The minimum absolute atomic E-state index is 0.0840. The molecule has 4 heteroatoms. The van der Waals surface area contributed by atoms with Gasteiger partial charge in [-0.3, -0.25) is 4.79 Å². The van der Waals surface area contributed by atoms with Crippen LogP contribution < -0.4 is 14.8 Å². The number of ether oxygens (including phenoxy) is 2. The number of rotatable bonds is 7. The lowest BCUT2D eigenvalue weighted by Gasteiger charge is -2.14. The van der Waals surface area contributed by atoms with Crippen LogP contribution in [-0.2, 0) is 4.79 Å². The summed E-state index contributed by atoms with van der Waals surface area (Å²) in [6.07, 6.45) is 3.28. The Labute approximate surface area is 143 Å². The molecule has 0 aliphatic rings. The number of carbonyl (C=O) groups is 1. The summed E-state index contributed by atoms with van der Waals surface area (Å²) in [6.45, 7) is 4.36. The van der Waals surface area contributed by atoms with Gasteiger partial charge in [-0.2, -0.15) is 0 Å². The molecule has 1 amide bonds. The summed E-state index contributed by atoms with van der Waals surface area (Å²) in [4.78, 5) is 11.9. The molecule has 0 bridgehead atoms. The first kappa shape index (κ1) is 17.6. The molecule has 0 unspecified atom stereocenters. The van der Waals surface area contributed by atoms with E-state index in [1.54, 1.807) is 13.2 Å². The smallest absolute Gasteiger partial charge is 0.244 e. The second kappa shape index (κ2) is 8.77. The maximum Gasteiger partial charge on any atom is 0.244 e. The fourth-order valence-electron chi connectivity index (χ4n) is 2.08. The van der Waals surface area contributed by atoms with Crippen LogP contribution >= 0.6 is 0 Å². The van der Waals surface area contributed by atoms with Crippen molar-refractivity contribution in [2.45, 2.75) is 19.9 Å². The highest BCUT2D eigenvalue weighted by molar-refractivity contribution is 5.91. The molecule has 24 heavy (non-hydrogen) atoms. The Balaban J connectivity index is 1.77. The van der Waals surface area contributed by atoms with Crippen LogP contribution in [0.25, 0.3) is 6.08 Å². The lowest BCUT2D eigenvalue weighted by Crippen LogP contribution is -2.35. The third kappa shape index (κ3) is 5.80. The van der Waals surface area contributed by atoms with Crippen LogP contribution in [0.2, 0.25) is 0 Å². The molecule has 0 spiro atoms. The summed E-state index contributed by atoms with van der Waals surface area (Å²) < 4.78 is 10.8. The van der Waals surface area contributed by atoms with E-state index in [2.05, 4.69) is 5.32 Å². The van der Waals surface area contributed by atoms with Crippen molar-refractivity contribution >= 4 is 12.0 Å². The number of nitrogens with one attached hydrogen (secondary N) is 1. The van der Waals surface area contributed by atoms with Crippen molar-refractivity contribution < 1.29 is 14.3 Å². The predicted molar refractivity (Wildman–Crippen MR) is 96.3 cm³/mol. The summed E-state index contributed by atoms with van der Waals surface area (Å²) in [5.74, 6) is 1.44. The number of carbonyl (C=O) groups excluding carboxylic acids is 1. The summed E-state index contributed by atoms with van der Waals surface area (Å²) in [7, 11) is 1.62. The second-order valence-corrected chi connectivity index (χ2v) is 5.64. The van der Waals surface area contributed by atoms with E-state index in [0.717, 1.165) is 17.1 Å². The predicted octanol–water partition coefficient (Wildman–Crippen LogP) is 3.60. The van der Waals surface area contributed by atoms with E-state index in [1.165, 1.54) is 11.6 Å². The summed E-state index contributed by atoms with van der Waals surface area (Å²) in [5, 5.41) is 2.88. The van der Waals surface area contributed by atoms with Crippen LogP contribution in [0, 0.1) is 6.92 Å². The van der Waals surface area contributed by atoms with Gasteiger partial charge in [0.25, 0.3) is 0 Å². The Bertz CT molecular complexity index is 675. The van der Waals surface area contributed by atoms with Crippen molar-refractivity contribution in [2.75, 3.05) is 13.7 Å². The molecule has 0 saturated carbocycles. The van der Waals surface area contributed by atoms with Gasteiger partial charge in [0.05, 0.1) is 13.2 Å². The van der Waals surface area contributed by atoms with Gasteiger partial charge in [-0.15, -0.1) is 0 Å². The topological polar surface area (TPSA) is 47.6 Å². The van der Waals surface area contributed by atoms with Gasteiger partial charge in [0.1, 0.15) is 18.1 Å². The average Bonchev–Trinajstić information content (AvgIpc) is 2.60. The van der Waals surface area contributed by atoms with E-state index in [-0.39, 0.29) is 11.9 Å². The Morgan fingerprint density at radius 1 is 1.08 bits per heavy atom. The SMILES string of the molecule is COc1ccc(/C=C/C(=O)N[C@H](C)COc2ccc(C)cc2)cc1. The minimum atomic E-state index is -0.147. The first-order valence-electron chi connectivity index (χ1n) is 7.89. The van der Waals surface area contributed by atoms with Gasteiger partial charge in [-0.25, -0.2) is 0 Å². The zero-order valence-electron chi connectivity index (χ0n) is 14.3. The van der Waals surface area contributed by atoms with Gasteiger partial charge in [0.15, 0.2) is 0 Å². The molecule has 2 aromatic carbocycles. The van der Waals surface area contributed by atoms with Crippen LogP contribution in [0.15, 0.2) is 54.6 Å². The molecule has 1 atom stereocenters. The van der Waals surface area contributed by atoms with Crippen LogP contribution in [0.4, 0.5) is 0 Å². The number of hydrogen-bond donors (Lipinski definition) is 1. The first-order valence-corrected chi connectivity index (χ1v) is 7.89. The molecule has 4 nitrogen and oxygen atoms in total. The highest BCUT2D eigenvalue weighted by atomic mass is 16.5. The molecule has 2 aromatic rings. The van der Waals surface area contributed by atoms with Gasteiger partial charge in [-0.05, 0) is 49.8 Å². The van der Waals surface area contributed by atoms with Crippen molar-refractivity contribution in [3.8, 4) is 11.5 Å². The number of methoxy groups -OCH3 is 1. The fraction of sp³-hybridized carbons (Fsp3) is 0.250. The molecule has 0 aliphatic heterocycles. The van der Waals surface area contributed by atoms with Crippen LogP contribution in [0.5, 0.6) is 11.5 Å². The van der Waals surface area contributed by atoms with Gasteiger partial charge in [0, 0.05) is 6.08 Å². The third-order valence-corrected chi connectivity index (χ3v) is 3.45. The van der Waals surface area contributed by atoms with Gasteiger partial charge in [-0.1, -0.05) is 29.8 Å². The third-order valence-electron chi connectivity index (χ3n) is 3.45. The highest BCUT2D eigenvalue weighted by Gasteiger charge is 2.05. The summed E-state index contributed by atoms with van der Waals surface area (Å²) in [6, 6.07) is 15.3. The maximum atomic E-state index is 11.9. The number of amides is 1. The monoisotopic (exact) mass is 325 g/mol. The Morgan fingerprint density at radius 3 is 2.33 bits per heavy atom. The first-order chi connectivity index (χ1) is 11.6. The van der Waals surface area contributed by atoms with E-state index in [0.29, 0.717) is 6.61 Å². The lowest BCUT2D eigenvalue weighted by molar-refractivity contribution is -0.117. The molecular weight excluding hydrogens is 302 g/mol. The van der Waals surface area contributed by atoms with Crippen LogP contribution in [0.3, 0.4) is 0 Å². The van der Waals surface area contributed by atoms with Crippen molar-refractivity contribution in [1.29, 1.82) is 0 Å². The lowest BCUT2D eigenvalue weighted by atomic mass is 10.2. The fourth-order valence-corrected chi connectivity index (χ4v) is 2.08. The van der Waals surface area contributed by atoms with Gasteiger partial charge in [0.2, 0.25) is 5.91 Å². The Morgan fingerprint density at radius 2 is 1.71 bits per heavy atom. The highest BCUT2D eigenvalue weighted by Crippen LogP contribution is 2.13. The normalized spacial score (nSPS) is 12.0. The Hall–Kier alpha value is -2.75. The summed E-state index contributed by atoms with van der Waals surface area (Å²) in [5.41, 5.74) is 2.13. The van der Waals surface area contributed by atoms with E-state index in [9.17, 15) is 4.79 Å².